The van der Waals surface area contributed by atoms with Gasteiger partial charge in [-0.2, -0.15) is 0 Å². The van der Waals surface area contributed by atoms with Crippen LogP contribution in [0.5, 0.6) is 0 Å². The van der Waals surface area contributed by atoms with Crippen molar-refractivity contribution >= 4 is 23.3 Å². The van der Waals surface area contributed by atoms with E-state index in [0.717, 1.165) is 31.4 Å². The maximum Gasteiger partial charge on any atom is 0.312 e. The number of carbonyl (C=O) groups is 1. The van der Waals surface area contributed by atoms with Crippen LogP contribution in [0.1, 0.15) is 62.9 Å². The highest BCUT2D eigenvalue weighted by atomic mass is 16.4. The second-order valence-corrected chi connectivity index (χ2v) is 7.54. The van der Waals surface area contributed by atoms with Crippen molar-refractivity contribution < 1.29 is 9.21 Å². The quantitative estimate of drug-likeness (QED) is 0.841. The summed E-state index contributed by atoms with van der Waals surface area (Å²) in [5, 5.41) is 10.9. The van der Waals surface area contributed by atoms with Gasteiger partial charge in [-0.15, -0.1) is 5.10 Å². The number of nitrogens with zero attached hydrogens (tertiary/aromatic N) is 3. The smallest absolute Gasteiger partial charge is 0.312 e. The predicted octanol–water partition coefficient (Wildman–Crippen LogP) is 3.53. The van der Waals surface area contributed by atoms with Crippen LogP contribution in [0.4, 0.5) is 11.7 Å². The molecule has 0 saturated heterocycles. The molecule has 1 aromatic heterocycles. The van der Waals surface area contributed by atoms with Crippen LogP contribution in [-0.2, 0) is 4.79 Å². The summed E-state index contributed by atoms with van der Waals surface area (Å²) >= 11 is 0. The molecule has 4 rings (SSSR count). The van der Waals surface area contributed by atoms with E-state index in [-0.39, 0.29) is 35.7 Å². The number of anilines is 1. The van der Waals surface area contributed by atoms with Gasteiger partial charge in [-0.3, -0.25) is 9.79 Å². The van der Waals surface area contributed by atoms with Gasteiger partial charge in [0.15, 0.2) is 0 Å². The number of nitrogens with two attached hydrogens (primary N) is 1. The van der Waals surface area contributed by atoms with E-state index in [2.05, 4.69) is 41.5 Å². The number of benzene rings is 1. The zero-order valence-corrected chi connectivity index (χ0v) is 15.7. The van der Waals surface area contributed by atoms with Gasteiger partial charge >= 0.3 is 6.01 Å². The molecule has 2 heterocycles. The Balaban J connectivity index is 1.49. The molecule has 2 aromatic rings. The molecule has 7 nitrogen and oxygen atoms in total. The Bertz CT molecular complexity index is 875. The van der Waals surface area contributed by atoms with Crippen LogP contribution in [0.3, 0.4) is 0 Å². The minimum Gasteiger partial charge on any atom is -0.406 e. The molecule has 1 aromatic carbocycles. The fraction of sp³-hybridized carbons (Fsp3) is 0.500. The molecule has 142 valence electrons. The van der Waals surface area contributed by atoms with E-state index in [0.29, 0.717) is 5.89 Å². The summed E-state index contributed by atoms with van der Waals surface area (Å²) in [6, 6.07) is 7.93. The van der Waals surface area contributed by atoms with E-state index in [1.807, 2.05) is 12.1 Å². The Morgan fingerprint density at radius 1 is 1.37 bits per heavy atom. The Morgan fingerprint density at radius 3 is 2.93 bits per heavy atom. The second-order valence-electron chi connectivity index (χ2n) is 7.54. The van der Waals surface area contributed by atoms with Crippen molar-refractivity contribution in [1.29, 1.82) is 0 Å². The lowest BCUT2D eigenvalue weighted by molar-refractivity contribution is -0.127. The van der Waals surface area contributed by atoms with Crippen LogP contribution in [0.15, 0.2) is 33.7 Å². The van der Waals surface area contributed by atoms with Crippen molar-refractivity contribution in [3.05, 3.63) is 35.7 Å². The Kier molecular flexibility index (Phi) is 4.68. The molecule has 0 radical (unpaired) electrons. The van der Waals surface area contributed by atoms with Gasteiger partial charge in [-0.1, -0.05) is 43.6 Å². The van der Waals surface area contributed by atoms with Crippen LogP contribution in [-0.4, -0.2) is 21.8 Å². The molecule has 0 bridgehead atoms. The highest BCUT2D eigenvalue weighted by Gasteiger charge is 2.37. The third kappa shape index (κ3) is 3.34. The van der Waals surface area contributed by atoms with E-state index in [9.17, 15) is 4.79 Å². The molecule has 1 aliphatic carbocycles. The lowest BCUT2D eigenvalue weighted by Crippen LogP contribution is -2.39. The van der Waals surface area contributed by atoms with Gasteiger partial charge in [0.1, 0.15) is 6.04 Å². The van der Waals surface area contributed by atoms with E-state index in [1.54, 1.807) is 0 Å². The lowest BCUT2D eigenvalue weighted by Gasteiger charge is -2.29. The Labute approximate surface area is 158 Å². The largest absolute Gasteiger partial charge is 0.406 e. The first-order chi connectivity index (χ1) is 13.1. The number of rotatable bonds is 5. The summed E-state index contributed by atoms with van der Waals surface area (Å²) in [6.07, 6.45) is 3.35. The standard InChI is InChI=1S/C20H25N5O2/c1-3-11(2)17(19-24-25-20(21)27-19)23-18(26)12-8-9-16-14(10-12)13-6-4-5-7-15(13)22-16/h4-7,11-12,14,17H,3,8-10H2,1-2H3,(H2,21,25)(H,23,26)/t11?,12?,14?,17-/m0/s1. The molecular formula is C20H25N5O2. The number of carbonyl (C=O) groups excluding carboxylic acids is 1. The number of aliphatic imine (C=N–C) groups is 1. The van der Waals surface area contributed by atoms with Crippen molar-refractivity contribution in [1.82, 2.24) is 15.5 Å². The van der Waals surface area contributed by atoms with Crippen molar-refractivity contribution in [3.63, 3.8) is 0 Å². The number of hydrogen-bond acceptors (Lipinski definition) is 6. The van der Waals surface area contributed by atoms with Crippen molar-refractivity contribution in [3.8, 4) is 0 Å². The predicted molar refractivity (Wildman–Crippen MR) is 103 cm³/mol. The Hall–Kier alpha value is -2.70. The normalized spacial score (nSPS) is 23.1. The van der Waals surface area contributed by atoms with Crippen LogP contribution >= 0.6 is 0 Å². The molecule has 3 N–H and O–H groups in total. The number of hydrogen-bond donors (Lipinski definition) is 2. The molecule has 1 saturated carbocycles. The number of para-hydroxylation sites is 1. The maximum atomic E-state index is 13.0. The van der Waals surface area contributed by atoms with Crippen molar-refractivity contribution in [2.45, 2.75) is 51.5 Å². The van der Waals surface area contributed by atoms with Gasteiger partial charge in [0, 0.05) is 17.5 Å². The molecule has 7 heteroatoms. The third-order valence-electron chi connectivity index (χ3n) is 5.85. The molecule has 2 aliphatic rings. The summed E-state index contributed by atoms with van der Waals surface area (Å²) in [7, 11) is 0. The van der Waals surface area contributed by atoms with Gasteiger partial charge < -0.3 is 15.5 Å². The van der Waals surface area contributed by atoms with Crippen LogP contribution in [0.25, 0.3) is 0 Å². The van der Waals surface area contributed by atoms with Gasteiger partial charge in [-0.25, -0.2) is 0 Å². The minimum absolute atomic E-state index is 0.0219. The highest BCUT2D eigenvalue weighted by Crippen LogP contribution is 2.44. The number of aromatic nitrogens is 2. The van der Waals surface area contributed by atoms with E-state index < -0.39 is 0 Å². The zero-order valence-electron chi connectivity index (χ0n) is 15.7. The molecule has 0 spiro atoms. The summed E-state index contributed by atoms with van der Waals surface area (Å²) in [5.41, 5.74) is 9.08. The van der Waals surface area contributed by atoms with Crippen LogP contribution in [0.2, 0.25) is 0 Å². The monoisotopic (exact) mass is 367 g/mol. The van der Waals surface area contributed by atoms with Gasteiger partial charge in [0.25, 0.3) is 0 Å². The molecular weight excluding hydrogens is 342 g/mol. The van der Waals surface area contributed by atoms with Crippen LogP contribution in [0, 0.1) is 11.8 Å². The minimum atomic E-state index is -0.321. The molecule has 4 atom stereocenters. The summed E-state index contributed by atoms with van der Waals surface area (Å²) < 4.78 is 5.39. The van der Waals surface area contributed by atoms with E-state index in [1.165, 1.54) is 11.3 Å². The van der Waals surface area contributed by atoms with Gasteiger partial charge in [0.2, 0.25) is 11.8 Å². The fourth-order valence-corrected chi connectivity index (χ4v) is 4.08. The summed E-state index contributed by atoms with van der Waals surface area (Å²) in [6.45, 7) is 4.13. The first kappa shape index (κ1) is 17.7. The number of fused-ring (bicyclic) bond motifs is 3. The van der Waals surface area contributed by atoms with Gasteiger partial charge in [0.05, 0.1) is 5.69 Å². The first-order valence-corrected chi connectivity index (χ1v) is 9.62. The summed E-state index contributed by atoms with van der Waals surface area (Å²) in [5.74, 6) is 0.792. The maximum absolute atomic E-state index is 13.0. The average Bonchev–Trinajstić information content (AvgIpc) is 3.28. The molecule has 1 aliphatic heterocycles. The molecule has 1 fully saturated rings. The van der Waals surface area contributed by atoms with Crippen molar-refractivity contribution in [2.75, 3.05) is 5.73 Å². The fourth-order valence-electron chi connectivity index (χ4n) is 4.08. The third-order valence-corrected chi connectivity index (χ3v) is 5.85. The summed E-state index contributed by atoms with van der Waals surface area (Å²) in [4.78, 5) is 17.8. The van der Waals surface area contributed by atoms with E-state index >= 15 is 0 Å². The molecule has 1 amide bonds. The second kappa shape index (κ2) is 7.13. The molecule has 3 unspecified atom stereocenters. The molecule has 27 heavy (non-hydrogen) atoms. The number of nitrogen functional groups attached to an aromatic ring is 1. The lowest BCUT2D eigenvalue weighted by atomic mass is 9.77. The topological polar surface area (TPSA) is 106 Å². The number of nitrogens with one attached hydrogen (secondary N) is 1. The van der Waals surface area contributed by atoms with E-state index in [4.69, 9.17) is 15.1 Å². The zero-order chi connectivity index (χ0) is 19.0. The average molecular weight is 367 g/mol. The van der Waals surface area contributed by atoms with Crippen molar-refractivity contribution in [2.24, 2.45) is 16.8 Å². The SMILES string of the molecule is CCC(C)[C@H](NC(=O)C1CCC2=Nc3ccccc3C2C1)c1nnc(N)o1. The van der Waals surface area contributed by atoms with Gasteiger partial charge in [-0.05, 0) is 36.8 Å². The first-order valence-electron chi connectivity index (χ1n) is 9.62. The highest BCUT2D eigenvalue weighted by molar-refractivity contribution is 5.99. The number of amides is 1. The Morgan fingerprint density at radius 2 is 2.19 bits per heavy atom. The van der Waals surface area contributed by atoms with Crippen LogP contribution < -0.4 is 11.1 Å².